The van der Waals surface area contributed by atoms with E-state index in [1.807, 2.05) is 42.5 Å². The molecule has 1 aromatic heterocycles. The molecule has 1 atom stereocenters. The smallest absolute Gasteiger partial charge is 0.240 e. The van der Waals surface area contributed by atoms with Crippen molar-refractivity contribution in [1.82, 2.24) is 5.32 Å². The monoisotopic (exact) mass is 350 g/mol. The van der Waals surface area contributed by atoms with Crippen molar-refractivity contribution in [1.29, 1.82) is 0 Å². The average Bonchev–Trinajstić information content (AvgIpc) is 3.25. The summed E-state index contributed by atoms with van der Waals surface area (Å²) >= 11 is 0. The Morgan fingerprint density at radius 3 is 2.65 bits per heavy atom. The fraction of sp³-hybridized carbons (Fsp3) is 0.333. The van der Waals surface area contributed by atoms with Crippen LogP contribution >= 0.6 is 0 Å². The maximum atomic E-state index is 12.4. The number of rotatable bonds is 5. The fourth-order valence-electron chi connectivity index (χ4n) is 3.83. The summed E-state index contributed by atoms with van der Waals surface area (Å²) in [5, 5.41) is 4.92. The molecule has 26 heavy (non-hydrogen) atoms. The summed E-state index contributed by atoms with van der Waals surface area (Å²) in [5.41, 5.74) is 7.90. The minimum atomic E-state index is -0.829. The summed E-state index contributed by atoms with van der Waals surface area (Å²) in [6.07, 6.45) is 4.46. The largest absolute Gasteiger partial charge is 0.456 e. The Morgan fingerprint density at radius 1 is 1.15 bits per heavy atom. The Bertz CT molecular complexity index is 970. The van der Waals surface area contributed by atoms with Gasteiger partial charge in [-0.25, -0.2) is 0 Å². The number of para-hydroxylation sites is 1. The van der Waals surface area contributed by atoms with Gasteiger partial charge in [0.15, 0.2) is 0 Å². The summed E-state index contributed by atoms with van der Waals surface area (Å²) in [4.78, 5) is 23.9. The van der Waals surface area contributed by atoms with E-state index in [1.54, 1.807) is 0 Å². The number of hydrogen-bond donors (Lipinski definition) is 2. The van der Waals surface area contributed by atoms with Crippen molar-refractivity contribution in [2.45, 2.75) is 43.7 Å². The number of furan rings is 1. The molecule has 0 bridgehead atoms. The SMILES string of the molecule is NC1(C(=O)NC(C=O)Cc2ccc3c(c2)oc2ccccc23)CCCC1. The normalized spacial score (nSPS) is 17.4. The van der Waals surface area contributed by atoms with E-state index in [1.165, 1.54) is 0 Å². The van der Waals surface area contributed by atoms with E-state index < -0.39 is 11.6 Å². The molecule has 1 fully saturated rings. The minimum Gasteiger partial charge on any atom is -0.456 e. The molecule has 1 unspecified atom stereocenters. The van der Waals surface area contributed by atoms with Gasteiger partial charge in [-0.15, -0.1) is 0 Å². The Kier molecular flexibility index (Phi) is 4.24. The van der Waals surface area contributed by atoms with Gasteiger partial charge in [0.2, 0.25) is 5.91 Å². The highest BCUT2D eigenvalue weighted by Gasteiger charge is 2.37. The first kappa shape index (κ1) is 16.8. The lowest BCUT2D eigenvalue weighted by Crippen LogP contribution is -2.55. The molecule has 0 saturated heterocycles. The van der Waals surface area contributed by atoms with Crippen molar-refractivity contribution in [3.8, 4) is 0 Å². The van der Waals surface area contributed by atoms with Crippen LogP contribution in [0.5, 0.6) is 0 Å². The molecule has 4 rings (SSSR count). The molecule has 2 aromatic carbocycles. The predicted molar refractivity (Wildman–Crippen MR) is 101 cm³/mol. The fourth-order valence-corrected chi connectivity index (χ4v) is 3.83. The summed E-state index contributed by atoms with van der Waals surface area (Å²) < 4.78 is 5.89. The molecule has 5 nitrogen and oxygen atoms in total. The number of fused-ring (bicyclic) bond motifs is 3. The Morgan fingerprint density at radius 2 is 1.88 bits per heavy atom. The van der Waals surface area contributed by atoms with E-state index in [9.17, 15) is 9.59 Å². The van der Waals surface area contributed by atoms with Gasteiger partial charge in [-0.05, 0) is 37.0 Å². The molecule has 0 aliphatic heterocycles. The van der Waals surface area contributed by atoms with Gasteiger partial charge in [-0.3, -0.25) is 4.79 Å². The van der Waals surface area contributed by atoms with Crippen LogP contribution in [-0.4, -0.2) is 23.8 Å². The van der Waals surface area contributed by atoms with E-state index in [2.05, 4.69) is 5.32 Å². The van der Waals surface area contributed by atoms with E-state index in [0.717, 1.165) is 46.6 Å². The number of nitrogens with two attached hydrogens (primary N) is 1. The highest BCUT2D eigenvalue weighted by atomic mass is 16.3. The minimum absolute atomic E-state index is 0.225. The van der Waals surface area contributed by atoms with Crippen molar-refractivity contribution >= 4 is 34.1 Å². The maximum Gasteiger partial charge on any atom is 0.240 e. The van der Waals surface area contributed by atoms with Crippen molar-refractivity contribution in [2.75, 3.05) is 0 Å². The first-order valence-corrected chi connectivity index (χ1v) is 9.04. The van der Waals surface area contributed by atoms with Gasteiger partial charge in [-0.2, -0.15) is 0 Å². The van der Waals surface area contributed by atoms with Crippen LogP contribution in [0.4, 0.5) is 0 Å². The van der Waals surface area contributed by atoms with Gasteiger partial charge in [0.1, 0.15) is 17.5 Å². The molecular formula is C21H22N2O3. The lowest BCUT2D eigenvalue weighted by Gasteiger charge is -2.24. The molecule has 1 saturated carbocycles. The number of nitrogens with one attached hydrogen (secondary N) is 1. The van der Waals surface area contributed by atoms with Gasteiger partial charge < -0.3 is 20.3 Å². The molecule has 1 aliphatic rings. The molecule has 5 heteroatoms. The zero-order valence-electron chi connectivity index (χ0n) is 14.5. The summed E-state index contributed by atoms with van der Waals surface area (Å²) in [6, 6.07) is 13.2. The van der Waals surface area contributed by atoms with Crippen molar-refractivity contribution in [3.05, 3.63) is 48.0 Å². The van der Waals surface area contributed by atoms with Gasteiger partial charge >= 0.3 is 0 Å². The maximum absolute atomic E-state index is 12.4. The third-order valence-electron chi connectivity index (χ3n) is 5.33. The number of benzene rings is 2. The second kappa shape index (κ2) is 6.57. The van der Waals surface area contributed by atoms with Crippen LogP contribution in [0, 0.1) is 0 Å². The zero-order valence-corrected chi connectivity index (χ0v) is 14.5. The molecular weight excluding hydrogens is 328 g/mol. The van der Waals surface area contributed by atoms with E-state index in [4.69, 9.17) is 10.2 Å². The van der Waals surface area contributed by atoms with Crippen LogP contribution in [0.2, 0.25) is 0 Å². The van der Waals surface area contributed by atoms with Crippen LogP contribution in [-0.2, 0) is 16.0 Å². The Labute approximate surface area is 151 Å². The molecule has 1 amide bonds. The summed E-state index contributed by atoms with van der Waals surface area (Å²) in [6.45, 7) is 0. The first-order valence-electron chi connectivity index (χ1n) is 9.04. The highest BCUT2D eigenvalue weighted by molar-refractivity contribution is 6.04. The van der Waals surface area contributed by atoms with Gasteiger partial charge in [0.05, 0.1) is 11.6 Å². The predicted octanol–water partition coefficient (Wildman–Crippen LogP) is 3.08. The van der Waals surface area contributed by atoms with Crippen LogP contribution in [0.15, 0.2) is 46.9 Å². The molecule has 0 radical (unpaired) electrons. The quantitative estimate of drug-likeness (QED) is 0.693. The van der Waals surface area contributed by atoms with Gasteiger partial charge in [0, 0.05) is 10.8 Å². The Balaban J connectivity index is 1.54. The number of aldehydes is 1. The van der Waals surface area contributed by atoms with Crippen molar-refractivity contribution in [3.63, 3.8) is 0 Å². The molecule has 3 aromatic rings. The zero-order chi connectivity index (χ0) is 18.1. The van der Waals surface area contributed by atoms with Crippen LogP contribution in [0.3, 0.4) is 0 Å². The van der Waals surface area contributed by atoms with E-state index in [0.29, 0.717) is 19.3 Å². The standard InChI is InChI=1S/C21H22N2O3/c22-21(9-3-4-10-21)20(25)23-15(13-24)11-14-7-8-17-16-5-1-2-6-18(16)26-19(17)12-14/h1-2,5-8,12-13,15H,3-4,9-11,22H2,(H,23,25). The number of carbonyl (C=O) groups is 2. The number of hydrogen-bond acceptors (Lipinski definition) is 4. The molecule has 3 N–H and O–H groups in total. The van der Waals surface area contributed by atoms with E-state index in [-0.39, 0.29) is 5.91 Å². The third kappa shape index (κ3) is 2.99. The lowest BCUT2D eigenvalue weighted by atomic mass is 9.97. The van der Waals surface area contributed by atoms with E-state index >= 15 is 0 Å². The summed E-state index contributed by atoms with van der Waals surface area (Å²) in [7, 11) is 0. The molecule has 134 valence electrons. The second-order valence-electron chi connectivity index (χ2n) is 7.21. The van der Waals surface area contributed by atoms with Crippen LogP contribution < -0.4 is 11.1 Å². The molecule has 1 heterocycles. The lowest BCUT2D eigenvalue weighted by molar-refractivity contribution is -0.128. The van der Waals surface area contributed by atoms with Crippen molar-refractivity contribution in [2.24, 2.45) is 5.73 Å². The number of amides is 1. The van der Waals surface area contributed by atoms with Crippen molar-refractivity contribution < 1.29 is 14.0 Å². The topological polar surface area (TPSA) is 85.3 Å². The molecule has 1 aliphatic carbocycles. The highest BCUT2D eigenvalue weighted by Crippen LogP contribution is 2.30. The second-order valence-corrected chi connectivity index (χ2v) is 7.21. The summed E-state index contributed by atoms with van der Waals surface area (Å²) in [5.74, 6) is -0.225. The third-order valence-corrected chi connectivity index (χ3v) is 5.33. The Hall–Kier alpha value is -2.66. The van der Waals surface area contributed by atoms with Crippen LogP contribution in [0.1, 0.15) is 31.2 Å². The van der Waals surface area contributed by atoms with Crippen LogP contribution in [0.25, 0.3) is 21.9 Å². The van der Waals surface area contributed by atoms with Gasteiger partial charge in [0.25, 0.3) is 0 Å². The number of carbonyl (C=O) groups excluding carboxylic acids is 2. The average molecular weight is 350 g/mol. The van der Waals surface area contributed by atoms with Gasteiger partial charge in [-0.1, -0.05) is 43.2 Å². The molecule has 0 spiro atoms. The first-order chi connectivity index (χ1) is 12.6.